The average Bonchev–Trinajstić information content (AvgIpc) is 2.35. The highest BCUT2D eigenvalue weighted by atomic mass is 79.9. The number of halogens is 1. The Labute approximate surface area is 129 Å². The minimum Gasteiger partial charge on any atom is -0.389 e. The molecule has 0 heterocycles. The standard InChI is InChI=1S/C14H22BrN3S/c1-4-18(5-2)9-10(3)17-11-6-7-12(14(16)19)13(15)8-11/h6-8,10,17H,4-5,9H2,1-3H3,(H2,16,19). The van der Waals surface area contributed by atoms with Gasteiger partial charge in [-0.15, -0.1) is 0 Å². The van der Waals surface area contributed by atoms with Gasteiger partial charge in [-0.1, -0.05) is 26.1 Å². The third-order valence-electron chi connectivity index (χ3n) is 3.07. The SMILES string of the molecule is CCN(CC)CC(C)Nc1ccc(C(N)=S)c(Br)c1. The van der Waals surface area contributed by atoms with E-state index in [-0.39, 0.29) is 0 Å². The van der Waals surface area contributed by atoms with Crippen LogP contribution in [0.3, 0.4) is 0 Å². The molecule has 3 N–H and O–H groups in total. The average molecular weight is 344 g/mol. The van der Waals surface area contributed by atoms with Gasteiger partial charge < -0.3 is 16.0 Å². The lowest BCUT2D eigenvalue weighted by atomic mass is 10.2. The van der Waals surface area contributed by atoms with E-state index in [4.69, 9.17) is 18.0 Å². The van der Waals surface area contributed by atoms with E-state index in [1.54, 1.807) is 0 Å². The van der Waals surface area contributed by atoms with Crippen molar-refractivity contribution in [2.24, 2.45) is 5.73 Å². The van der Waals surface area contributed by atoms with Gasteiger partial charge in [0, 0.05) is 28.3 Å². The lowest BCUT2D eigenvalue weighted by molar-refractivity contribution is 0.295. The zero-order valence-electron chi connectivity index (χ0n) is 11.7. The highest BCUT2D eigenvalue weighted by Crippen LogP contribution is 2.22. The first kappa shape index (κ1) is 16.4. The molecule has 1 rings (SSSR count). The maximum absolute atomic E-state index is 5.64. The molecule has 0 saturated heterocycles. The summed E-state index contributed by atoms with van der Waals surface area (Å²) in [5, 5.41) is 3.49. The van der Waals surface area contributed by atoms with E-state index in [1.165, 1.54) is 0 Å². The van der Waals surface area contributed by atoms with E-state index < -0.39 is 0 Å². The molecule has 0 aromatic heterocycles. The summed E-state index contributed by atoms with van der Waals surface area (Å²) in [7, 11) is 0. The van der Waals surface area contributed by atoms with Crippen molar-refractivity contribution in [1.82, 2.24) is 4.90 Å². The second kappa shape index (κ2) is 7.82. The van der Waals surface area contributed by atoms with E-state index in [0.717, 1.165) is 35.4 Å². The summed E-state index contributed by atoms with van der Waals surface area (Å²) in [4.78, 5) is 2.81. The molecule has 0 spiro atoms. The van der Waals surface area contributed by atoms with Gasteiger partial charge in [-0.25, -0.2) is 0 Å². The van der Waals surface area contributed by atoms with Crippen LogP contribution < -0.4 is 11.1 Å². The molecule has 0 radical (unpaired) electrons. The maximum Gasteiger partial charge on any atom is 0.105 e. The Kier molecular flexibility index (Phi) is 6.75. The van der Waals surface area contributed by atoms with Crippen LogP contribution in [0, 0.1) is 0 Å². The largest absolute Gasteiger partial charge is 0.389 e. The Morgan fingerprint density at radius 1 is 1.42 bits per heavy atom. The molecule has 1 aromatic carbocycles. The minimum atomic E-state index is 0.391. The van der Waals surface area contributed by atoms with Gasteiger partial charge in [-0.2, -0.15) is 0 Å². The Morgan fingerprint density at radius 2 is 2.05 bits per heavy atom. The van der Waals surface area contributed by atoms with Gasteiger partial charge in [-0.05, 0) is 54.1 Å². The molecule has 1 aromatic rings. The topological polar surface area (TPSA) is 41.3 Å². The number of hydrogen-bond donors (Lipinski definition) is 2. The molecule has 1 atom stereocenters. The van der Waals surface area contributed by atoms with Crippen molar-refractivity contribution in [2.75, 3.05) is 25.0 Å². The summed E-state index contributed by atoms with van der Waals surface area (Å²) in [5.74, 6) is 0. The van der Waals surface area contributed by atoms with Crippen molar-refractivity contribution in [3.8, 4) is 0 Å². The summed E-state index contributed by atoms with van der Waals surface area (Å²) in [6, 6.07) is 6.37. The normalized spacial score (nSPS) is 12.5. The second-order valence-electron chi connectivity index (χ2n) is 4.59. The number of likely N-dealkylation sites (N-methyl/N-ethyl adjacent to an activating group) is 1. The van der Waals surface area contributed by atoms with Gasteiger partial charge in [0.15, 0.2) is 0 Å². The molecule has 0 bridgehead atoms. The summed E-state index contributed by atoms with van der Waals surface area (Å²) in [6.45, 7) is 9.74. The van der Waals surface area contributed by atoms with Gasteiger partial charge in [-0.3, -0.25) is 0 Å². The number of rotatable bonds is 7. The van der Waals surface area contributed by atoms with Crippen LogP contribution >= 0.6 is 28.1 Å². The van der Waals surface area contributed by atoms with Crippen LogP contribution in [0.25, 0.3) is 0 Å². The van der Waals surface area contributed by atoms with Crippen LogP contribution in [0.15, 0.2) is 22.7 Å². The van der Waals surface area contributed by atoms with Crippen LogP contribution in [-0.4, -0.2) is 35.6 Å². The lowest BCUT2D eigenvalue weighted by Crippen LogP contribution is -2.34. The van der Waals surface area contributed by atoms with Gasteiger partial charge in [0.1, 0.15) is 4.99 Å². The van der Waals surface area contributed by atoms with Crippen LogP contribution in [-0.2, 0) is 0 Å². The van der Waals surface area contributed by atoms with Crippen molar-refractivity contribution in [3.05, 3.63) is 28.2 Å². The predicted octanol–water partition coefficient (Wildman–Crippen LogP) is 3.23. The molecule has 0 amide bonds. The molecular weight excluding hydrogens is 322 g/mol. The number of nitrogens with zero attached hydrogens (tertiary/aromatic N) is 1. The van der Waals surface area contributed by atoms with Crippen molar-refractivity contribution in [3.63, 3.8) is 0 Å². The fourth-order valence-corrected chi connectivity index (χ4v) is 2.91. The van der Waals surface area contributed by atoms with Gasteiger partial charge in [0.05, 0.1) is 0 Å². The first-order chi connectivity index (χ1) is 8.97. The van der Waals surface area contributed by atoms with Gasteiger partial charge >= 0.3 is 0 Å². The first-order valence-corrected chi connectivity index (χ1v) is 7.76. The number of hydrogen-bond acceptors (Lipinski definition) is 3. The zero-order valence-corrected chi connectivity index (χ0v) is 14.1. The smallest absolute Gasteiger partial charge is 0.105 e. The Balaban J connectivity index is 2.67. The van der Waals surface area contributed by atoms with Crippen LogP contribution in [0.4, 0.5) is 5.69 Å². The minimum absolute atomic E-state index is 0.391. The number of thiocarbonyl (C=S) groups is 1. The fourth-order valence-electron chi connectivity index (χ4n) is 2.00. The highest BCUT2D eigenvalue weighted by molar-refractivity contribution is 9.10. The monoisotopic (exact) mass is 343 g/mol. The van der Waals surface area contributed by atoms with Crippen molar-refractivity contribution < 1.29 is 0 Å². The molecule has 0 fully saturated rings. The fraction of sp³-hybridized carbons (Fsp3) is 0.500. The molecule has 0 aliphatic heterocycles. The van der Waals surface area contributed by atoms with Crippen LogP contribution in [0.1, 0.15) is 26.3 Å². The molecule has 1 unspecified atom stereocenters. The van der Waals surface area contributed by atoms with Crippen molar-refractivity contribution in [1.29, 1.82) is 0 Å². The predicted molar refractivity (Wildman–Crippen MR) is 90.9 cm³/mol. The first-order valence-electron chi connectivity index (χ1n) is 6.56. The number of nitrogens with one attached hydrogen (secondary N) is 1. The summed E-state index contributed by atoms with van der Waals surface area (Å²) in [6.07, 6.45) is 0. The van der Waals surface area contributed by atoms with Crippen molar-refractivity contribution in [2.45, 2.75) is 26.8 Å². The molecule has 19 heavy (non-hydrogen) atoms. The van der Waals surface area contributed by atoms with E-state index >= 15 is 0 Å². The molecule has 0 saturated carbocycles. The van der Waals surface area contributed by atoms with E-state index in [2.05, 4.69) is 46.9 Å². The Hall–Kier alpha value is -0.650. The third-order valence-corrected chi connectivity index (χ3v) is 3.95. The van der Waals surface area contributed by atoms with E-state index in [1.807, 2.05) is 18.2 Å². The zero-order chi connectivity index (χ0) is 14.4. The third kappa shape index (κ3) is 5.09. The molecule has 3 nitrogen and oxygen atoms in total. The summed E-state index contributed by atoms with van der Waals surface area (Å²) >= 11 is 8.49. The second-order valence-corrected chi connectivity index (χ2v) is 5.88. The van der Waals surface area contributed by atoms with Gasteiger partial charge in [0.2, 0.25) is 0 Å². The quantitative estimate of drug-likeness (QED) is 0.746. The Morgan fingerprint density at radius 3 is 2.53 bits per heavy atom. The molecule has 0 aliphatic rings. The number of anilines is 1. The molecule has 5 heteroatoms. The summed E-state index contributed by atoms with van der Waals surface area (Å²) in [5.41, 5.74) is 7.59. The van der Waals surface area contributed by atoms with Crippen LogP contribution in [0.5, 0.6) is 0 Å². The maximum atomic E-state index is 5.64. The highest BCUT2D eigenvalue weighted by Gasteiger charge is 2.09. The molecule has 0 aliphatic carbocycles. The van der Waals surface area contributed by atoms with E-state index in [9.17, 15) is 0 Å². The lowest BCUT2D eigenvalue weighted by Gasteiger charge is -2.24. The van der Waals surface area contributed by atoms with Crippen molar-refractivity contribution >= 4 is 38.8 Å². The Bertz CT molecular complexity index is 433. The number of benzene rings is 1. The summed E-state index contributed by atoms with van der Waals surface area (Å²) < 4.78 is 0.931. The van der Waals surface area contributed by atoms with Crippen LogP contribution in [0.2, 0.25) is 0 Å². The molecular formula is C14H22BrN3S. The number of nitrogens with two attached hydrogens (primary N) is 1. The van der Waals surface area contributed by atoms with E-state index in [0.29, 0.717) is 11.0 Å². The molecule has 106 valence electrons. The van der Waals surface area contributed by atoms with Gasteiger partial charge in [0.25, 0.3) is 0 Å².